The number of nitrogens with one attached hydrogen (secondary N) is 1. The van der Waals surface area contributed by atoms with Crippen LogP contribution in [0.5, 0.6) is 0 Å². The third-order valence-corrected chi connectivity index (χ3v) is 4.36. The van der Waals surface area contributed by atoms with Crippen molar-refractivity contribution in [3.8, 4) is 10.6 Å². The summed E-state index contributed by atoms with van der Waals surface area (Å²) < 4.78 is 4.92. The topological polar surface area (TPSA) is 68.0 Å². The highest BCUT2D eigenvalue weighted by Crippen LogP contribution is 2.26. The average Bonchev–Trinajstić information content (AvgIpc) is 3.15. The highest BCUT2D eigenvalue weighted by Gasteiger charge is 2.10. The van der Waals surface area contributed by atoms with E-state index in [0.29, 0.717) is 24.4 Å². The summed E-state index contributed by atoms with van der Waals surface area (Å²) in [4.78, 5) is 16.5. The Morgan fingerprint density at radius 1 is 1.30 bits per heavy atom. The summed E-state index contributed by atoms with van der Waals surface area (Å²) in [5.74, 6) is 1.03. The van der Waals surface area contributed by atoms with E-state index in [1.807, 2.05) is 17.5 Å². The maximum atomic E-state index is 11.9. The van der Waals surface area contributed by atoms with Gasteiger partial charge in [-0.05, 0) is 25.8 Å². The molecule has 1 amide bonds. The lowest BCUT2D eigenvalue weighted by Crippen LogP contribution is -2.12. The second kappa shape index (κ2) is 6.75. The molecule has 2 heterocycles. The van der Waals surface area contributed by atoms with E-state index < -0.39 is 0 Å². The lowest BCUT2D eigenvalue weighted by Gasteiger charge is -2.01. The number of rotatable bonds is 5. The Labute approximate surface area is 138 Å². The van der Waals surface area contributed by atoms with Crippen LogP contribution >= 0.6 is 11.3 Å². The molecule has 0 aliphatic heterocycles. The fraction of sp³-hybridized carbons (Fsp3) is 0.235. The molecule has 118 valence electrons. The Morgan fingerprint density at radius 2 is 2.13 bits per heavy atom. The molecule has 5 nitrogen and oxygen atoms in total. The minimum atomic E-state index is -0.0938. The second-order valence-corrected chi connectivity index (χ2v) is 6.19. The highest BCUT2D eigenvalue weighted by atomic mass is 32.1. The van der Waals surface area contributed by atoms with Crippen molar-refractivity contribution in [1.82, 2.24) is 10.1 Å². The van der Waals surface area contributed by atoms with Gasteiger partial charge < -0.3 is 9.84 Å². The van der Waals surface area contributed by atoms with Crippen molar-refractivity contribution in [3.63, 3.8) is 0 Å². The normalized spacial score (nSPS) is 10.7. The van der Waals surface area contributed by atoms with Crippen LogP contribution in [0.3, 0.4) is 0 Å². The summed E-state index contributed by atoms with van der Waals surface area (Å²) >= 11 is 1.61. The number of carbonyl (C=O) groups is 1. The number of aromatic nitrogens is 2. The number of hydrogen-bond acceptors (Lipinski definition) is 5. The number of benzene rings is 1. The molecule has 0 atom stereocenters. The first-order chi connectivity index (χ1) is 11.1. The van der Waals surface area contributed by atoms with Crippen molar-refractivity contribution in [3.05, 3.63) is 52.7 Å². The first-order valence-corrected chi connectivity index (χ1v) is 8.23. The quantitative estimate of drug-likeness (QED) is 0.769. The Hall–Kier alpha value is -2.47. The van der Waals surface area contributed by atoms with Crippen molar-refractivity contribution in [1.29, 1.82) is 0 Å². The molecule has 0 aliphatic carbocycles. The van der Waals surface area contributed by atoms with Crippen LogP contribution in [0.1, 0.15) is 23.4 Å². The molecule has 0 saturated carbocycles. The van der Waals surface area contributed by atoms with Crippen LogP contribution in [0.2, 0.25) is 0 Å². The number of carbonyl (C=O) groups excluding carboxylic acids is 1. The molecule has 6 heteroatoms. The Morgan fingerprint density at radius 3 is 2.87 bits per heavy atom. The highest BCUT2D eigenvalue weighted by molar-refractivity contribution is 7.13. The van der Waals surface area contributed by atoms with Gasteiger partial charge in [-0.25, -0.2) is 4.98 Å². The molecule has 0 aliphatic rings. The zero-order valence-electron chi connectivity index (χ0n) is 13.0. The minimum absolute atomic E-state index is 0.0938. The predicted molar refractivity (Wildman–Crippen MR) is 90.5 cm³/mol. The Kier molecular flexibility index (Phi) is 4.52. The van der Waals surface area contributed by atoms with E-state index >= 15 is 0 Å². The predicted octanol–water partition coefficient (Wildman–Crippen LogP) is 3.99. The number of anilines is 1. The minimum Gasteiger partial charge on any atom is -0.360 e. The lowest BCUT2D eigenvalue weighted by molar-refractivity contribution is -0.116. The van der Waals surface area contributed by atoms with E-state index in [4.69, 9.17) is 4.52 Å². The van der Waals surface area contributed by atoms with Crippen molar-refractivity contribution in [2.24, 2.45) is 0 Å². The summed E-state index contributed by atoms with van der Waals surface area (Å²) in [7, 11) is 0. The standard InChI is InChI=1S/C17H17N3O2S/c1-11-5-3-4-6-14(11)17-18-13(10-23-17)7-8-16(21)19-15-9-12(2)22-20-15/h3-6,9-10H,7-8H2,1-2H3,(H,19,20,21). The lowest BCUT2D eigenvalue weighted by atomic mass is 10.1. The van der Waals surface area contributed by atoms with E-state index in [2.05, 4.69) is 34.5 Å². The number of aryl methyl sites for hydroxylation is 3. The summed E-state index contributed by atoms with van der Waals surface area (Å²) in [5.41, 5.74) is 3.28. The fourth-order valence-electron chi connectivity index (χ4n) is 2.23. The van der Waals surface area contributed by atoms with Gasteiger partial charge in [-0.2, -0.15) is 0 Å². The molecule has 23 heavy (non-hydrogen) atoms. The van der Waals surface area contributed by atoms with Crippen molar-refractivity contribution in [2.75, 3.05) is 5.32 Å². The average molecular weight is 327 g/mol. The van der Waals surface area contributed by atoms with Crippen LogP contribution in [0, 0.1) is 13.8 Å². The van der Waals surface area contributed by atoms with Crippen LogP contribution in [-0.4, -0.2) is 16.0 Å². The molecule has 0 fully saturated rings. The molecular formula is C17H17N3O2S. The van der Waals surface area contributed by atoms with Gasteiger partial charge in [-0.1, -0.05) is 29.4 Å². The van der Waals surface area contributed by atoms with Crippen LogP contribution in [-0.2, 0) is 11.2 Å². The zero-order chi connectivity index (χ0) is 16.2. The van der Waals surface area contributed by atoms with Gasteiger partial charge in [0.25, 0.3) is 0 Å². The van der Waals surface area contributed by atoms with Gasteiger partial charge in [0.1, 0.15) is 10.8 Å². The van der Waals surface area contributed by atoms with Gasteiger partial charge in [0, 0.05) is 23.4 Å². The maximum Gasteiger partial charge on any atom is 0.226 e. The van der Waals surface area contributed by atoms with Gasteiger partial charge in [0.2, 0.25) is 5.91 Å². The van der Waals surface area contributed by atoms with Gasteiger partial charge in [0.05, 0.1) is 5.69 Å². The molecule has 0 bridgehead atoms. The maximum absolute atomic E-state index is 11.9. The van der Waals surface area contributed by atoms with E-state index in [-0.39, 0.29) is 5.91 Å². The summed E-state index contributed by atoms with van der Waals surface area (Å²) in [6.07, 6.45) is 0.966. The van der Waals surface area contributed by atoms with E-state index in [1.54, 1.807) is 24.3 Å². The smallest absolute Gasteiger partial charge is 0.226 e. The first kappa shape index (κ1) is 15.4. The first-order valence-electron chi connectivity index (χ1n) is 7.35. The van der Waals surface area contributed by atoms with Crippen LogP contribution < -0.4 is 5.32 Å². The molecule has 0 unspecified atom stereocenters. The van der Waals surface area contributed by atoms with Gasteiger partial charge in [-0.3, -0.25) is 4.79 Å². The van der Waals surface area contributed by atoms with Crippen molar-refractivity contribution in [2.45, 2.75) is 26.7 Å². The second-order valence-electron chi connectivity index (χ2n) is 5.33. The van der Waals surface area contributed by atoms with E-state index in [0.717, 1.165) is 16.3 Å². The third kappa shape index (κ3) is 3.84. The number of amides is 1. The molecule has 2 aromatic heterocycles. The third-order valence-electron chi connectivity index (χ3n) is 3.43. The van der Waals surface area contributed by atoms with Crippen LogP contribution in [0.15, 0.2) is 40.2 Å². The van der Waals surface area contributed by atoms with E-state index in [1.165, 1.54) is 5.56 Å². The van der Waals surface area contributed by atoms with Crippen LogP contribution in [0.25, 0.3) is 10.6 Å². The Balaban J connectivity index is 1.59. The summed E-state index contributed by atoms with van der Waals surface area (Å²) in [6, 6.07) is 9.86. The molecule has 1 N–H and O–H groups in total. The van der Waals surface area contributed by atoms with Crippen molar-refractivity contribution >= 4 is 23.1 Å². The number of thiazole rings is 1. The number of nitrogens with zero attached hydrogens (tertiary/aromatic N) is 2. The molecule has 0 radical (unpaired) electrons. The molecule has 1 aromatic carbocycles. The van der Waals surface area contributed by atoms with Crippen LogP contribution in [0.4, 0.5) is 5.82 Å². The molecule has 3 rings (SSSR count). The molecule has 0 spiro atoms. The summed E-state index contributed by atoms with van der Waals surface area (Å²) in [5, 5.41) is 9.46. The van der Waals surface area contributed by atoms with E-state index in [9.17, 15) is 4.79 Å². The molecule has 0 saturated heterocycles. The fourth-order valence-corrected chi connectivity index (χ4v) is 3.17. The SMILES string of the molecule is Cc1cc(NC(=O)CCc2csc(-c3ccccc3C)n2)no1. The largest absolute Gasteiger partial charge is 0.360 e. The Bertz CT molecular complexity index is 823. The zero-order valence-corrected chi connectivity index (χ0v) is 13.8. The van der Waals surface area contributed by atoms with Gasteiger partial charge >= 0.3 is 0 Å². The molecule has 3 aromatic rings. The number of hydrogen-bond donors (Lipinski definition) is 1. The van der Waals surface area contributed by atoms with Gasteiger partial charge in [0.15, 0.2) is 5.82 Å². The summed E-state index contributed by atoms with van der Waals surface area (Å²) in [6.45, 7) is 3.86. The van der Waals surface area contributed by atoms with Crippen molar-refractivity contribution < 1.29 is 9.32 Å². The molecular weight excluding hydrogens is 310 g/mol. The van der Waals surface area contributed by atoms with Gasteiger partial charge in [-0.15, -0.1) is 11.3 Å². The monoisotopic (exact) mass is 327 g/mol.